The number of nitrogens with one attached hydrogen (secondary N) is 1. The topological polar surface area (TPSA) is 38.3 Å². The lowest BCUT2D eigenvalue weighted by molar-refractivity contribution is 0.0967. The Balaban J connectivity index is 2.08. The molecule has 5 heteroatoms. The zero-order valence-electron chi connectivity index (χ0n) is 10.2. The lowest BCUT2D eigenvalue weighted by Gasteiger charge is -2.22. The molecule has 0 aromatic heterocycles. The molecule has 18 heavy (non-hydrogen) atoms. The zero-order valence-corrected chi connectivity index (χ0v) is 11.1. The number of hydrogen-bond donors (Lipinski definition) is 1. The van der Waals surface area contributed by atoms with E-state index in [2.05, 4.69) is 5.32 Å². The van der Waals surface area contributed by atoms with Crippen molar-refractivity contribution in [1.82, 2.24) is 5.32 Å². The minimum absolute atomic E-state index is 0.117. The van der Waals surface area contributed by atoms with E-state index in [1.165, 1.54) is 19.2 Å². The monoisotopic (exact) mass is 269 g/mol. The van der Waals surface area contributed by atoms with Gasteiger partial charge in [0, 0.05) is 30.5 Å². The molecular weight excluding hydrogens is 253 g/mol. The average Bonchev–Trinajstić information content (AvgIpc) is 2.40. The number of halogens is 1. The van der Waals surface area contributed by atoms with Crippen LogP contribution in [0.15, 0.2) is 18.2 Å². The number of carbonyl (C=O) groups is 1. The highest BCUT2D eigenvalue weighted by Gasteiger charge is 2.21. The van der Waals surface area contributed by atoms with E-state index in [-0.39, 0.29) is 23.1 Å². The summed E-state index contributed by atoms with van der Waals surface area (Å²) in [5.41, 5.74) is 0.117. The molecule has 0 aliphatic carbocycles. The van der Waals surface area contributed by atoms with Crippen LogP contribution in [0.1, 0.15) is 16.8 Å². The van der Waals surface area contributed by atoms with Crippen molar-refractivity contribution in [2.75, 3.05) is 25.2 Å². The highest BCUT2D eigenvalue weighted by Crippen LogP contribution is 2.22. The predicted octanol–water partition coefficient (Wildman–Crippen LogP) is 2.11. The SMILES string of the molecule is COc1cccc(C(=O)CC2CSCCN2)c1F. The highest BCUT2D eigenvalue weighted by molar-refractivity contribution is 7.99. The van der Waals surface area contributed by atoms with Crippen molar-refractivity contribution in [2.45, 2.75) is 12.5 Å². The van der Waals surface area contributed by atoms with Gasteiger partial charge in [-0.25, -0.2) is 4.39 Å². The second-order valence-electron chi connectivity index (χ2n) is 4.18. The largest absolute Gasteiger partial charge is 0.494 e. The van der Waals surface area contributed by atoms with E-state index >= 15 is 0 Å². The number of rotatable bonds is 4. The van der Waals surface area contributed by atoms with Crippen LogP contribution in [-0.2, 0) is 0 Å². The number of ether oxygens (including phenoxy) is 1. The first-order valence-corrected chi connectivity index (χ1v) is 7.04. The second kappa shape index (κ2) is 6.20. The molecule has 2 rings (SSSR count). The third-order valence-corrected chi connectivity index (χ3v) is 4.04. The third kappa shape index (κ3) is 3.03. The molecule has 98 valence electrons. The molecule has 1 saturated heterocycles. The van der Waals surface area contributed by atoms with Crippen molar-refractivity contribution in [1.29, 1.82) is 0 Å². The van der Waals surface area contributed by atoms with Crippen LogP contribution in [0, 0.1) is 5.82 Å². The van der Waals surface area contributed by atoms with Gasteiger partial charge in [0.05, 0.1) is 12.7 Å². The van der Waals surface area contributed by atoms with Crippen molar-refractivity contribution in [3.8, 4) is 5.75 Å². The molecule has 1 N–H and O–H groups in total. The maximum absolute atomic E-state index is 13.9. The van der Waals surface area contributed by atoms with E-state index in [0.717, 1.165) is 18.1 Å². The van der Waals surface area contributed by atoms with Crippen LogP contribution < -0.4 is 10.1 Å². The Morgan fingerprint density at radius 1 is 1.61 bits per heavy atom. The fourth-order valence-corrected chi connectivity index (χ4v) is 2.92. The summed E-state index contributed by atoms with van der Waals surface area (Å²) < 4.78 is 18.8. The van der Waals surface area contributed by atoms with Crippen LogP contribution in [0.25, 0.3) is 0 Å². The molecule has 1 aliphatic rings. The van der Waals surface area contributed by atoms with E-state index in [0.29, 0.717) is 6.42 Å². The molecule has 0 amide bonds. The summed E-state index contributed by atoms with van der Waals surface area (Å²) in [5, 5.41) is 3.27. The van der Waals surface area contributed by atoms with E-state index in [9.17, 15) is 9.18 Å². The van der Waals surface area contributed by atoms with Gasteiger partial charge in [0.25, 0.3) is 0 Å². The molecule has 0 bridgehead atoms. The van der Waals surface area contributed by atoms with Gasteiger partial charge in [0.1, 0.15) is 0 Å². The number of Topliss-reactive ketones (excluding diaryl/α,β-unsaturated/α-hetero) is 1. The van der Waals surface area contributed by atoms with Crippen LogP contribution in [0.5, 0.6) is 5.75 Å². The first kappa shape index (κ1) is 13.4. The third-order valence-electron chi connectivity index (χ3n) is 2.91. The lowest BCUT2D eigenvalue weighted by atomic mass is 10.0. The molecule has 1 heterocycles. The average molecular weight is 269 g/mol. The van der Waals surface area contributed by atoms with Gasteiger partial charge >= 0.3 is 0 Å². The Bertz CT molecular complexity index is 433. The molecule has 0 spiro atoms. The van der Waals surface area contributed by atoms with Gasteiger partial charge in [-0.15, -0.1) is 0 Å². The van der Waals surface area contributed by atoms with E-state index in [1.807, 2.05) is 11.8 Å². The van der Waals surface area contributed by atoms with Crippen molar-refractivity contribution >= 4 is 17.5 Å². The summed E-state index contributed by atoms with van der Waals surface area (Å²) in [6.45, 7) is 0.906. The van der Waals surface area contributed by atoms with Gasteiger partial charge in [0.15, 0.2) is 17.3 Å². The number of benzene rings is 1. The van der Waals surface area contributed by atoms with Gasteiger partial charge in [-0.1, -0.05) is 6.07 Å². The summed E-state index contributed by atoms with van der Waals surface area (Å²) in [7, 11) is 1.39. The number of hydrogen-bond acceptors (Lipinski definition) is 4. The number of carbonyl (C=O) groups excluding carboxylic acids is 1. The summed E-state index contributed by atoms with van der Waals surface area (Å²) in [6, 6.07) is 4.80. The zero-order chi connectivity index (χ0) is 13.0. The van der Waals surface area contributed by atoms with Gasteiger partial charge in [-0.05, 0) is 12.1 Å². The van der Waals surface area contributed by atoms with E-state index < -0.39 is 5.82 Å². The molecule has 0 radical (unpaired) electrons. The Morgan fingerprint density at radius 2 is 2.44 bits per heavy atom. The molecule has 1 aromatic rings. The normalized spacial score (nSPS) is 19.6. The van der Waals surface area contributed by atoms with Crippen molar-refractivity contribution in [3.05, 3.63) is 29.6 Å². The summed E-state index contributed by atoms with van der Waals surface area (Å²) >= 11 is 1.82. The van der Waals surface area contributed by atoms with Crippen molar-refractivity contribution in [2.24, 2.45) is 0 Å². The van der Waals surface area contributed by atoms with Gasteiger partial charge in [0.2, 0.25) is 0 Å². The van der Waals surface area contributed by atoms with Crippen LogP contribution in [0.2, 0.25) is 0 Å². The Labute approximate surface area is 110 Å². The minimum Gasteiger partial charge on any atom is -0.494 e. The number of methoxy groups -OCH3 is 1. The Hall–Kier alpha value is -1.07. The maximum atomic E-state index is 13.9. The molecule has 1 atom stereocenters. The van der Waals surface area contributed by atoms with E-state index in [4.69, 9.17) is 4.74 Å². The Kier molecular flexibility index (Phi) is 4.60. The molecule has 0 saturated carbocycles. The minimum atomic E-state index is -0.562. The molecule has 1 aromatic carbocycles. The number of thioether (sulfide) groups is 1. The summed E-state index contributed by atoms with van der Waals surface area (Å²) in [4.78, 5) is 12.1. The lowest BCUT2D eigenvalue weighted by Crippen LogP contribution is -2.39. The first-order valence-electron chi connectivity index (χ1n) is 5.89. The highest BCUT2D eigenvalue weighted by atomic mass is 32.2. The van der Waals surface area contributed by atoms with E-state index in [1.54, 1.807) is 6.07 Å². The Morgan fingerprint density at radius 3 is 3.11 bits per heavy atom. The van der Waals surface area contributed by atoms with Crippen LogP contribution in [-0.4, -0.2) is 37.0 Å². The maximum Gasteiger partial charge on any atom is 0.175 e. The first-order chi connectivity index (χ1) is 8.72. The fourth-order valence-electron chi connectivity index (χ4n) is 1.97. The van der Waals surface area contributed by atoms with Gasteiger partial charge < -0.3 is 10.1 Å². The molecule has 3 nitrogen and oxygen atoms in total. The quantitative estimate of drug-likeness (QED) is 0.850. The fraction of sp³-hybridized carbons (Fsp3) is 0.462. The van der Waals surface area contributed by atoms with Crippen molar-refractivity contribution < 1.29 is 13.9 Å². The smallest absolute Gasteiger partial charge is 0.175 e. The van der Waals surface area contributed by atoms with Crippen LogP contribution in [0.3, 0.4) is 0 Å². The predicted molar refractivity (Wildman–Crippen MR) is 71.0 cm³/mol. The van der Waals surface area contributed by atoms with Crippen LogP contribution in [0.4, 0.5) is 4.39 Å². The molecule has 1 unspecified atom stereocenters. The molecule has 1 fully saturated rings. The standard InChI is InChI=1S/C13H16FNO2S/c1-17-12-4-2-3-10(13(12)14)11(16)7-9-8-18-6-5-15-9/h2-4,9,15H,5-8H2,1H3. The summed E-state index contributed by atoms with van der Waals surface area (Å²) in [6.07, 6.45) is 0.330. The van der Waals surface area contributed by atoms with Crippen LogP contribution >= 0.6 is 11.8 Å². The number of ketones is 1. The second-order valence-corrected chi connectivity index (χ2v) is 5.32. The summed E-state index contributed by atoms with van der Waals surface area (Å²) in [5.74, 6) is 1.35. The molecule has 1 aliphatic heterocycles. The van der Waals surface area contributed by atoms with Gasteiger partial charge in [-0.3, -0.25) is 4.79 Å². The van der Waals surface area contributed by atoms with Crippen molar-refractivity contribution in [3.63, 3.8) is 0 Å². The van der Waals surface area contributed by atoms with Gasteiger partial charge in [-0.2, -0.15) is 11.8 Å². The molecular formula is C13H16FNO2S.